The summed E-state index contributed by atoms with van der Waals surface area (Å²) in [6, 6.07) is 13.7. The highest BCUT2D eigenvalue weighted by molar-refractivity contribution is 5.60. The number of rotatable bonds is 4. The van der Waals surface area contributed by atoms with Crippen LogP contribution in [0.15, 0.2) is 42.5 Å². The Bertz CT molecular complexity index is 972. The van der Waals surface area contributed by atoms with Crippen LogP contribution < -0.4 is 0 Å². The van der Waals surface area contributed by atoms with Gasteiger partial charge in [-0.1, -0.05) is 30.3 Å². The van der Waals surface area contributed by atoms with Crippen molar-refractivity contribution in [3.63, 3.8) is 0 Å². The van der Waals surface area contributed by atoms with E-state index >= 15 is 0 Å². The van der Waals surface area contributed by atoms with Crippen LogP contribution in [0, 0.1) is 5.82 Å². The summed E-state index contributed by atoms with van der Waals surface area (Å²) in [5, 5.41) is 0. The first kappa shape index (κ1) is 21.4. The van der Waals surface area contributed by atoms with Crippen LogP contribution in [-0.2, 0) is 20.6 Å². The molecule has 2 saturated heterocycles. The Morgan fingerprint density at radius 2 is 1.91 bits per heavy atom. The van der Waals surface area contributed by atoms with Crippen molar-refractivity contribution in [1.82, 2.24) is 4.90 Å². The van der Waals surface area contributed by atoms with Gasteiger partial charge in [0, 0.05) is 25.6 Å². The lowest BCUT2D eigenvalue weighted by molar-refractivity contribution is -0.0156. The molecule has 1 aliphatic carbocycles. The van der Waals surface area contributed by atoms with E-state index in [1.54, 1.807) is 19.1 Å². The Labute approximate surface area is 188 Å². The second-order valence-corrected chi connectivity index (χ2v) is 9.04. The molecule has 0 aromatic heterocycles. The summed E-state index contributed by atoms with van der Waals surface area (Å²) in [7, 11) is 0. The number of benzene rings is 2. The van der Waals surface area contributed by atoms with Gasteiger partial charge in [-0.2, -0.15) is 0 Å². The number of fused-ring (bicyclic) bond motifs is 5. The van der Waals surface area contributed by atoms with Crippen LogP contribution in [0.3, 0.4) is 0 Å². The van der Waals surface area contributed by atoms with E-state index < -0.39 is 6.16 Å². The molecule has 3 aliphatic rings. The van der Waals surface area contributed by atoms with Crippen LogP contribution in [0.2, 0.25) is 0 Å². The number of carbonyl (C=O) groups is 1. The first-order valence-corrected chi connectivity index (χ1v) is 11.7. The molecule has 32 heavy (non-hydrogen) atoms. The van der Waals surface area contributed by atoms with Crippen molar-refractivity contribution in [3.8, 4) is 0 Å². The summed E-state index contributed by atoms with van der Waals surface area (Å²) in [5.41, 5.74) is 4.80. The van der Waals surface area contributed by atoms with Gasteiger partial charge in [-0.3, -0.25) is 0 Å². The van der Waals surface area contributed by atoms with Crippen LogP contribution in [0.4, 0.5) is 9.18 Å². The lowest BCUT2D eigenvalue weighted by Gasteiger charge is -2.32. The molecule has 170 valence electrons. The van der Waals surface area contributed by atoms with Crippen molar-refractivity contribution in [2.24, 2.45) is 0 Å². The number of nitrogens with zero attached hydrogens (tertiary/aromatic N) is 1. The second-order valence-electron chi connectivity index (χ2n) is 9.04. The molecule has 2 heterocycles. The van der Waals surface area contributed by atoms with E-state index in [0.29, 0.717) is 6.61 Å². The zero-order chi connectivity index (χ0) is 22.1. The molecule has 0 spiro atoms. The highest BCUT2D eigenvalue weighted by Gasteiger charge is 2.41. The topological polar surface area (TPSA) is 48.0 Å². The Kier molecular flexibility index (Phi) is 6.15. The fourth-order valence-electron chi connectivity index (χ4n) is 5.50. The highest BCUT2D eigenvalue weighted by Crippen LogP contribution is 2.49. The Morgan fingerprint density at radius 1 is 1.12 bits per heavy atom. The molecule has 3 unspecified atom stereocenters. The number of hydrogen-bond donors (Lipinski definition) is 0. The predicted octanol–water partition coefficient (Wildman–Crippen LogP) is 4.98. The van der Waals surface area contributed by atoms with Gasteiger partial charge < -0.3 is 19.1 Å². The molecule has 2 aromatic carbocycles. The van der Waals surface area contributed by atoms with E-state index in [1.807, 2.05) is 6.07 Å². The number of carbonyl (C=O) groups excluding carboxylic acids is 1. The van der Waals surface area contributed by atoms with Gasteiger partial charge >= 0.3 is 6.16 Å². The fourth-order valence-corrected chi connectivity index (χ4v) is 5.50. The summed E-state index contributed by atoms with van der Waals surface area (Å²) >= 11 is 0. The molecule has 6 heteroatoms. The molecule has 3 atom stereocenters. The third-order valence-electron chi connectivity index (χ3n) is 6.99. The largest absolute Gasteiger partial charge is 0.508 e. The Morgan fingerprint density at radius 3 is 2.72 bits per heavy atom. The third kappa shape index (κ3) is 4.39. The summed E-state index contributed by atoms with van der Waals surface area (Å²) < 4.78 is 31.0. The van der Waals surface area contributed by atoms with E-state index in [0.717, 1.165) is 56.4 Å². The SMILES string of the molecule is CCOC(=O)OC1CCN(CC2CC3c4ccccc4Cc4ccc(F)cc4C3O2)CC1. The Balaban J connectivity index is 1.27. The lowest BCUT2D eigenvalue weighted by atomic mass is 9.87. The van der Waals surface area contributed by atoms with E-state index in [9.17, 15) is 9.18 Å². The summed E-state index contributed by atoms with van der Waals surface area (Å²) in [5.74, 6) is 0.0353. The molecule has 0 amide bonds. The third-order valence-corrected chi connectivity index (χ3v) is 6.99. The summed E-state index contributed by atoms with van der Waals surface area (Å²) in [4.78, 5) is 14.0. The van der Waals surface area contributed by atoms with E-state index in [4.69, 9.17) is 14.2 Å². The standard InChI is InChI=1S/C26H30FNO4/c1-2-30-26(29)32-20-9-11-28(12-10-20)16-21-15-24-22-6-4-3-5-17(22)13-18-7-8-19(27)14-23(18)25(24)31-21/h3-8,14,20-21,24-25H,2,9-13,15-16H2,1H3. The number of likely N-dealkylation sites (tertiary alicyclic amines) is 1. The fraction of sp³-hybridized carbons (Fsp3) is 0.500. The number of halogens is 1. The van der Waals surface area contributed by atoms with Crippen molar-refractivity contribution in [3.05, 3.63) is 70.5 Å². The molecule has 5 rings (SSSR count). The van der Waals surface area contributed by atoms with Gasteiger partial charge in [0.15, 0.2) is 0 Å². The van der Waals surface area contributed by atoms with Gasteiger partial charge in [0.2, 0.25) is 0 Å². The normalized spacial score (nSPS) is 25.4. The van der Waals surface area contributed by atoms with Gasteiger partial charge in [-0.15, -0.1) is 0 Å². The average Bonchev–Trinajstić information content (AvgIpc) is 3.15. The van der Waals surface area contributed by atoms with Crippen molar-refractivity contribution in [2.45, 2.75) is 56.8 Å². The maximum absolute atomic E-state index is 14.2. The van der Waals surface area contributed by atoms with Gasteiger partial charge in [-0.05, 0) is 67.0 Å². The van der Waals surface area contributed by atoms with E-state index in [2.05, 4.69) is 29.2 Å². The van der Waals surface area contributed by atoms with Gasteiger partial charge in [-0.25, -0.2) is 9.18 Å². The minimum atomic E-state index is -0.574. The summed E-state index contributed by atoms with van der Waals surface area (Å²) in [6.07, 6.45) is 2.67. The zero-order valence-corrected chi connectivity index (χ0v) is 18.5. The Hall–Kier alpha value is -2.44. The van der Waals surface area contributed by atoms with E-state index in [1.165, 1.54) is 11.1 Å². The van der Waals surface area contributed by atoms with Crippen LogP contribution in [-0.4, -0.2) is 49.5 Å². The second kappa shape index (κ2) is 9.20. The minimum Gasteiger partial charge on any atom is -0.435 e. The van der Waals surface area contributed by atoms with Crippen LogP contribution in [0.25, 0.3) is 0 Å². The maximum Gasteiger partial charge on any atom is 0.508 e. The zero-order valence-electron chi connectivity index (χ0n) is 18.5. The monoisotopic (exact) mass is 439 g/mol. The lowest BCUT2D eigenvalue weighted by Crippen LogP contribution is -2.41. The molecular weight excluding hydrogens is 409 g/mol. The molecule has 2 aromatic rings. The quantitative estimate of drug-likeness (QED) is 0.629. The van der Waals surface area contributed by atoms with Crippen LogP contribution in [0.1, 0.15) is 60.5 Å². The number of ether oxygens (including phenoxy) is 3. The van der Waals surface area contributed by atoms with Crippen molar-refractivity contribution >= 4 is 6.16 Å². The molecule has 0 bridgehead atoms. The van der Waals surface area contributed by atoms with Gasteiger partial charge in [0.05, 0.1) is 18.8 Å². The van der Waals surface area contributed by atoms with Crippen LogP contribution >= 0.6 is 0 Å². The molecule has 0 radical (unpaired) electrons. The van der Waals surface area contributed by atoms with Gasteiger partial charge in [0.1, 0.15) is 11.9 Å². The molecule has 2 aliphatic heterocycles. The van der Waals surface area contributed by atoms with Crippen molar-refractivity contribution < 1.29 is 23.4 Å². The molecule has 0 saturated carbocycles. The first-order valence-electron chi connectivity index (χ1n) is 11.7. The maximum atomic E-state index is 14.2. The van der Waals surface area contributed by atoms with Crippen LogP contribution in [0.5, 0.6) is 0 Å². The predicted molar refractivity (Wildman–Crippen MR) is 118 cm³/mol. The molecule has 0 N–H and O–H groups in total. The highest BCUT2D eigenvalue weighted by atomic mass is 19.1. The van der Waals surface area contributed by atoms with Crippen molar-refractivity contribution in [1.29, 1.82) is 0 Å². The number of piperidine rings is 1. The van der Waals surface area contributed by atoms with Gasteiger partial charge in [0.25, 0.3) is 0 Å². The number of hydrogen-bond acceptors (Lipinski definition) is 5. The molecular formula is C26H30FNO4. The minimum absolute atomic E-state index is 0.0809. The smallest absolute Gasteiger partial charge is 0.435 e. The molecule has 2 fully saturated rings. The first-order chi connectivity index (χ1) is 15.6. The average molecular weight is 440 g/mol. The van der Waals surface area contributed by atoms with Crippen molar-refractivity contribution in [2.75, 3.05) is 26.2 Å². The molecule has 5 nitrogen and oxygen atoms in total. The van der Waals surface area contributed by atoms with E-state index in [-0.39, 0.29) is 30.0 Å². The summed E-state index contributed by atoms with van der Waals surface area (Å²) in [6.45, 7) is 4.67.